The Kier molecular flexibility index (Phi) is 5.12. The van der Waals surface area contributed by atoms with Crippen molar-refractivity contribution in [3.63, 3.8) is 0 Å². The van der Waals surface area contributed by atoms with Crippen LogP contribution in [0.4, 0.5) is 4.39 Å². The molecule has 0 saturated carbocycles. The summed E-state index contributed by atoms with van der Waals surface area (Å²) >= 11 is 1.28. The van der Waals surface area contributed by atoms with Gasteiger partial charge in [0.05, 0.1) is 6.20 Å². The smallest absolute Gasteiger partial charge is 0.316 e. The Morgan fingerprint density at radius 1 is 1.25 bits per heavy atom. The number of hydrogen-bond donors (Lipinski definition) is 1. The number of carbonyl (C=O) groups is 1. The van der Waals surface area contributed by atoms with E-state index in [2.05, 4.69) is 4.98 Å². The van der Waals surface area contributed by atoms with Crippen LogP contribution in [0.2, 0.25) is 0 Å². The first-order valence-electron chi connectivity index (χ1n) is 6.13. The molecule has 0 radical (unpaired) electrons. The molecule has 0 fully saturated rings. The Hall–Kier alpha value is -1.88. The van der Waals surface area contributed by atoms with Gasteiger partial charge in [0.2, 0.25) is 0 Å². The molecule has 0 aliphatic heterocycles. The first kappa shape index (κ1) is 14.5. The molecule has 1 atom stereocenters. The normalized spacial score (nSPS) is 12.1. The van der Waals surface area contributed by atoms with Crippen molar-refractivity contribution in [3.8, 4) is 0 Å². The first-order valence-corrected chi connectivity index (χ1v) is 7.18. The second-order valence-electron chi connectivity index (χ2n) is 4.34. The van der Waals surface area contributed by atoms with Crippen LogP contribution in [-0.2, 0) is 17.0 Å². The van der Waals surface area contributed by atoms with Crippen LogP contribution >= 0.6 is 11.8 Å². The number of carboxylic acids is 1. The topological polar surface area (TPSA) is 50.2 Å². The molecule has 104 valence electrons. The van der Waals surface area contributed by atoms with Crippen LogP contribution in [0.25, 0.3) is 0 Å². The summed E-state index contributed by atoms with van der Waals surface area (Å²) in [5, 5.41) is 8.70. The van der Waals surface area contributed by atoms with Gasteiger partial charge in [0.25, 0.3) is 0 Å². The summed E-state index contributed by atoms with van der Waals surface area (Å²) in [5.41, 5.74) is 1.67. The highest BCUT2D eigenvalue weighted by molar-refractivity contribution is 7.99. The molecular weight excluding hydrogens is 277 g/mol. The summed E-state index contributed by atoms with van der Waals surface area (Å²) in [6, 6.07) is 10.8. The SMILES string of the molecule is O=C(O)C(Cc1ccccc1)SCc1cncc(F)c1. The van der Waals surface area contributed by atoms with Crippen LogP contribution in [0, 0.1) is 5.82 Å². The largest absolute Gasteiger partial charge is 0.480 e. The van der Waals surface area contributed by atoms with Gasteiger partial charge in [-0.2, -0.15) is 0 Å². The standard InChI is InChI=1S/C15H14FNO2S/c16-13-6-12(8-17-9-13)10-20-14(15(18)19)7-11-4-2-1-3-5-11/h1-6,8-9,14H,7,10H2,(H,18,19). The Labute approximate surface area is 120 Å². The van der Waals surface area contributed by atoms with Gasteiger partial charge in [-0.1, -0.05) is 30.3 Å². The highest BCUT2D eigenvalue weighted by atomic mass is 32.2. The van der Waals surface area contributed by atoms with Gasteiger partial charge < -0.3 is 5.11 Å². The maximum Gasteiger partial charge on any atom is 0.316 e. The minimum Gasteiger partial charge on any atom is -0.480 e. The molecule has 1 unspecified atom stereocenters. The van der Waals surface area contributed by atoms with Gasteiger partial charge in [0.1, 0.15) is 11.1 Å². The molecule has 5 heteroatoms. The minimum atomic E-state index is -0.858. The van der Waals surface area contributed by atoms with Gasteiger partial charge >= 0.3 is 5.97 Å². The maximum atomic E-state index is 13.0. The molecule has 0 bridgehead atoms. The molecule has 3 nitrogen and oxygen atoms in total. The highest BCUT2D eigenvalue weighted by Crippen LogP contribution is 2.21. The summed E-state index contributed by atoms with van der Waals surface area (Å²) in [4.78, 5) is 15.0. The minimum absolute atomic E-state index is 0.405. The van der Waals surface area contributed by atoms with E-state index in [-0.39, 0.29) is 0 Å². The van der Waals surface area contributed by atoms with Crippen molar-refractivity contribution in [2.45, 2.75) is 17.4 Å². The Bertz CT molecular complexity index is 577. The lowest BCUT2D eigenvalue weighted by molar-refractivity contribution is -0.136. The van der Waals surface area contributed by atoms with Crippen molar-refractivity contribution in [1.29, 1.82) is 0 Å². The zero-order valence-electron chi connectivity index (χ0n) is 10.7. The molecule has 20 heavy (non-hydrogen) atoms. The van der Waals surface area contributed by atoms with Crippen molar-refractivity contribution < 1.29 is 14.3 Å². The van der Waals surface area contributed by atoms with Gasteiger partial charge in [-0.25, -0.2) is 4.39 Å². The van der Waals surface area contributed by atoms with Crippen LogP contribution in [0.1, 0.15) is 11.1 Å². The van der Waals surface area contributed by atoms with Crippen molar-refractivity contribution in [2.75, 3.05) is 0 Å². The quantitative estimate of drug-likeness (QED) is 0.888. The van der Waals surface area contributed by atoms with E-state index in [0.29, 0.717) is 17.7 Å². The molecule has 0 spiro atoms. The summed E-state index contributed by atoms with van der Waals surface area (Å²) in [7, 11) is 0. The lowest BCUT2D eigenvalue weighted by atomic mass is 10.1. The first-order chi connectivity index (χ1) is 9.65. The average Bonchev–Trinajstić information content (AvgIpc) is 2.44. The third-order valence-electron chi connectivity index (χ3n) is 2.75. The predicted octanol–water partition coefficient (Wildman–Crippen LogP) is 3.15. The molecule has 2 rings (SSSR count). The van der Waals surface area contributed by atoms with Crippen molar-refractivity contribution in [1.82, 2.24) is 4.98 Å². The number of benzene rings is 1. The van der Waals surface area contributed by atoms with Crippen molar-refractivity contribution in [3.05, 3.63) is 65.7 Å². The number of aliphatic carboxylic acids is 1. The molecule has 1 aromatic carbocycles. The van der Waals surface area contributed by atoms with E-state index in [0.717, 1.165) is 11.8 Å². The Morgan fingerprint density at radius 3 is 2.65 bits per heavy atom. The van der Waals surface area contributed by atoms with E-state index in [1.54, 1.807) is 6.20 Å². The number of pyridine rings is 1. The lowest BCUT2D eigenvalue weighted by Gasteiger charge is -2.12. The van der Waals surface area contributed by atoms with E-state index in [1.165, 1.54) is 17.8 Å². The van der Waals surface area contributed by atoms with E-state index in [4.69, 9.17) is 0 Å². The predicted molar refractivity (Wildman–Crippen MR) is 77.1 cm³/mol. The number of thioether (sulfide) groups is 1. The molecule has 0 aliphatic carbocycles. The Morgan fingerprint density at radius 2 is 2.00 bits per heavy atom. The fraction of sp³-hybridized carbons (Fsp3) is 0.200. The van der Waals surface area contributed by atoms with Gasteiger partial charge in [0.15, 0.2) is 0 Å². The van der Waals surface area contributed by atoms with E-state index >= 15 is 0 Å². The number of rotatable bonds is 6. The zero-order chi connectivity index (χ0) is 14.4. The molecule has 1 heterocycles. The van der Waals surface area contributed by atoms with Gasteiger partial charge in [-0.3, -0.25) is 9.78 Å². The number of aromatic nitrogens is 1. The van der Waals surface area contributed by atoms with Gasteiger partial charge in [0, 0.05) is 11.9 Å². The molecule has 1 N–H and O–H groups in total. The number of carboxylic acid groups (broad SMARTS) is 1. The molecule has 0 amide bonds. The summed E-state index contributed by atoms with van der Waals surface area (Å²) in [6.45, 7) is 0. The monoisotopic (exact) mass is 291 g/mol. The highest BCUT2D eigenvalue weighted by Gasteiger charge is 2.18. The second-order valence-corrected chi connectivity index (χ2v) is 5.53. The average molecular weight is 291 g/mol. The lowest BCUT2D eigenvalue weighted by Crippen LogP contribution is -2.19. The molecular formula is C15H14FNO2S. The molecule has 0 aliphatic rings. The Balaban J connectivity index is 1.98. The van der Waals surface area contributed by atoms with E-state index in [1.807, 2.05) is 30.3 Å². The van der Waals surface area contributed by atoms with Gasteiger partial charge in [-0.15, -0.1) is 11.8 Å². The number of hydrogen-bond acceptors (Lipinski definition) is 3. The fourth-order valence-electron chi connectivity index (χ4n) is 1.78. The van der Waals surface area contributed by atoms with Crippen LogP contribution in [0.3, 0.4) is 0 Å². The molecule has 2 aromatic rings. The fourth-order valence-corrected chi connectivity index (χ4v) is 2.78. The second kappa shape index (κ2) is 7.05. The summed E-state index contributed by atoms with van der Waals surface area (Å²) in [5.74, 6) is -0.838. The molecule has 0 saturated heterocycles. The van der Waals surface area contributed by atoms with Crippen LogP contribution in [0.15, 0.2) is 48.8 Å². The van der Waals surface area contributed by atoms with Gasteiger partial charge in [-0.05, 0) is 23.6 Å². The van der Waals surface area contributed by atoms with E-state index < -0.39 is 17.0 Å². The molecule has 1 aromatic heterocycles. The van der Waals surface area contributed by atoms with Crippen molar-refractivity contribution in [2.24, 2.45) is 0 Å². The third kappa shape index (κ3) is 4.35. The van der Waals surface area contributed by atoms with Crippen LogP contribution in [-0.4, -0.2) is 21.3 Å². The third-order valence-corrected chi connectivity index (χ3v) is 4.02. The van der Waals surface area contributed by atoms with E-state index in [9.17, 15) is 14.3 Å². The zero-order valence-corrected chi connectivity index (χ0v) is 11.5. The van der Waals surface area contributed by atoms with Crippen LogP contribution < -0.4 is 0 Å². The van der Waals surface area contributed by atoms with Crippen molar-refractivity contribution >= 4 is 17.7 Å². The summed E-state index contributed by atoms with van der Waals surface area (Å²) < 4.78 is 13.0. The summed E-state index contributed by atoms with van der Waals surface area (Å²) in [6.07, 6.45) is 3.13. The maximum absolute atomic E-state index is 13.0. The number of nitrogens with zero attached hydrogens (tertiary/aromatic N) is 1. The van der Waals surface area contributed by atoms with Crippen LogP contribution in [0.5, 0.6) is 0 Å². The number of halogens is 1.